The van der Waals surface area contributed by atoms with Crippen LogP contribution in [0.2, 0.25) is 0 Å². The minimum Gasteiger partial charge on any atom is -0.506 e. The zero-order valence-corrected chi connectivity index (χ0v) is 10.5. The van der Waals surface area contributed by atoms with Crippen LogP contribution in [0.25, 0.3) is 0 Å². The molecule has 1 aliphatic heterocycles. The van der Waals surface area contributed by atoms with Crippen LogP contribution in [0.15, 0.2) is 33.9 Å². The van der Waals surface area contributed by atoms with Gasteiger partial charge in [0.25, 0.3) is 5.56 Å². The number of aliphatic hydroxyl groups is 3. The van der Waals surface area contributed by atoms with Crippen LogP contribution in [0.1, 0.15) is 6.23 Å². The smallest absolute Gasteiger partial charge is 0.330 e. The number of H-pyrrole nitrogens is 1. The number of methoxy groups -OCH3 is 1. The largest absolute Gasteiger partial charge is 0.506 e. The lowest BCUT2D eigenvalue weighted by atomic mass is 10.1. The van der Waals surface area contributed by atoms with Gasteiger partial charge in [0.2, 0.25) is 0 Å². The van der Waals surface area contributed by atoms with E-state index in [1.807, 2.05) is 4.98 Å². The molecule has 0 unspecified atom stereocenters. The number of rotatable bonds is 3. The van der Waals surface area contributed by atoms with Crippen molar-refractivity contribution in [2.75, 3.05) is 7.11 Å². The molecule has 1 saturated heterocycles. The SMILES string of the molecule is CO/C=C(/O)[C@H]1O[C@@H](n2ccc(=O)[nH]c2=O)[C@H](O)[C@@H]1O. The molecule has 9 heteroatoms. The minimum atomic E-state index is -1.46. The first kappa shape index (κ1) is 14.3. The predicted octanol–water partition coefficient (Wildman–Crippen LogP) is -1.80. The zero-order chi connectivity index (χ0) is 14.9. The summed E-state index contributed by atoms with van der Waals surface area (Å²) in [6.07, 6.45) is -3.33. The maximum absolute atomic E-state index is 11.6. The highest BCUT2D eigenvalue weighted by molar-refractivity contribution is 5.05. The molecule has 2 rings (SSSR count). The van der Waals surface area contributed by atoms with E-state index in [1.54, 1.807) is 0 Å². The van der Waals surface area contributed by atoms with E-state index >= 15 is 0 Å². The molecule has 110 valence electrons. The quantitative estimate of drug-likeness (QED) is 0.482. The van der Waals surface area contributed by atoms with Crippen molar-refractivity contribution in [2.45, 2.75) is 24.5 Å². The van der Waals surface area contributed by atoms with E-state index in [1.165, 1.54) is 7.11 Å². The summed E-state index contributed by atoms with van der Waals surface area (Å²) in [6.45, 7) is 0. The van der Waals surface area contributed by atoms with Crippen molar-refractivity contribution in [2.24, 2.45) is 0 Å². The van der Waals surface area contributed by atoms with Crippen LogP contribution in [0.4, 0.5) is 0 Å². The van der Waals surface area contributed by atoms with Crippen molar-refractivity contribution in [1.29, 1.82) is 0 Å². The van der Waals surface area contributed by atoms with Gasteiger partial charge in [-0.05, 0) is 0 Å². The molecule has 0 aromatic carbocycles. The number of aromatic amines is 1. The van der Waals surface area contributed by atoms with Crippen LogP contribution in [-0.2, 0) is 9.47 Å². The van der Waals surface area contributed by atoms with E-state index < -0.39 is 41.5 Å². The molecule has 1 fully saturated rings. The van der Waals surface area contributed by atoms with Crippen LogP contribution in [0.5, 0.6) is 0 Å². The number of hydrogen-bond acceptors (Lipinski definition) is 7. The molecule has 0 spiro atoms. The monoisotopic (exact) mass is 286 g/mol. The molecule has 1 aromatic rings. The Hall–Kier alpha value is -2.10. The molecule has 2 heterocycles. The Morgan fingerprint density at radius 1 is 1.45 bits per heavy atom. The zero-order valence-electron chi connectivity index (χ0n) is 10.5. The fourth-order valence-corrected chi connectivity index (χ4v) is 1.95. The van der Waals surface area contributed by atoms with Crippen LogP contribution in [0.3, 0.4) is 0 Å². The third-order valence-corrected chi connectivity index (χ3v) is 2.89. The summed E-state index contributed by atoms with van der Waals surface area (Å²) in [6, 6.07) is 1.07. The minimum absolute atomic E-state index is 0.431. The summed E-state index contributed by atoms with van der Waals surface area (Å²) >= 11 is 0. The van der Waals surface area contributed by atoms with Crippen LogP contribution < -0.4 is 11.2 Å². The van der Waals surface area contributed by atoms with Gasteiger partial charge >= 0.3 is 5.69 Å². The van der Waals surface area contributed by atoms with Crippen molar-refractivity contribution in [3.05, 3.63) is 45.1 Å². The number of aliphatic hydroxyl groups excluding tert-OH is 3. The number of ether oxygens (including phenoxy) is 2. The van der Waals surface area contributed by atoms with Gasteiger partial charge in [0.1, 0.15) is 24.6 Å². The summed E-state index contributed by atoms with van der Waals surface area (Å²) in [5, 5.41) is 29.3. The lowest BCUT2D eigenvalue weighted by Crippen LogP contribution is -2.37. The summed E-state index contributed by atoms with van der Waals surface area (Å²) in [7, 11) is 1.29. The van der Waals surface area contributed by atoms with E-state index in [0.717, 1.165) is 23.1 Å². The van der Waals surface area contributed by atoms with Gasteiger partial charge in [0.05, 0.1) is 7.11 Å². The van der Waals surface area contributed by atoms with Gasteiger partial charge in [-0.1, -0.05) is 0 Å². The summed E-state index contributed by atoms with van der Waals surface area (Å²) in [5.74, 6) is -0.431. The van der Waals surface area contributed by atoms with E-state index in [4.69, 9.17) is 4.74 Å². The number of nitrogens with one attached hydrogen (secondary N) is 1. The highest BCUT2D eigenvalue weighted by Crippen LogP contribution is 2.31. The maximum atomic E-state index is 11.6. The van der Waals surface area contributed by atoms with Gasteiger partial charge in [-0.3, -0.25) is 14.3 Å². The van der Waals surface area contributed by atoms with Crippen LogP contribution in [-0.4, -0.2) is 50.3 Å². The lowest BCUT2D eigenvalue weighted by Gasteiger charge is -2.16. The number of nitrogens with zero attached hydrogens (tertiary/aromatic N) is 1. The maximum Gasteiger partial charge on any atom is 0.330 e. The van der Waals surface area contributed by atoms with Crippen molar-refractivity contribution in [1.82, 2.24) is 9.55 Å². The van der Waals surface area contributed by atoms with Crippen LogP contribution in [0, 0.1) is 0 Å². The van der Waals surface area contributed by atoms with Crippen molar-refractivity contribution in [3.8, 4) is 0 Å². The molecule has 0 amide bonds. The Kier molecular flexibility index (Phi) is 3.93. The molecule has 0 radical (unpaired) electrons. The molecule has 9 nitrogen and oxygen atoms in total. The molecule has 4 N–H and O–H groups in total. The predicted molar refractivity (Wildman–Crippen MR) is 65.0 cm³/mol. The summed E-state index contributed by atoms with van der Waals surface area (Å²) in [4.78, 5) is 24.6. The van der Waals surface area contributed by atoms with Crippen molar-refractivity contribution < 1.29 is 24.8 Å². The van der Waals surface area contributed by atoms with E-state index in [9.17, 15) is 24.9 Å². The first-order valence-corrected chi connectivity index (χ1v) is 5.70. The fourth-order valence-electron chi connectivity index (χ4n) is 1.95. The van der Waals surface area contributed by atoms with E-state index in [0.29, 0.717) is 0 Å². The second kappa shape index (κ2) is 5.49. The van der Waals surface area contributed by atoms with E-state index in [-0.39, 0.29) is 0 Å². The topological polar surface area (TPSA) is 134 Å². The average molecular weight is 286 g/mol. The Bertz CT molecular complexity index is 620. The molecular formula is C11H14N2O7. The third kappa shape index (κ3) is 2.46. The normalized spacial score (nSPS) is 30.4. The molecule has 0 bridgehead atoms. The third-order valence-electron chi connectivity index (χ3n) is 2.89. The second-order valence-corrected chi connectivity index (χ2v) is 4.22. The van der Waals surface area contributed by atoms with Gasteiger partial charge in [-0.2, -0.15) is 0 Å². The fraction of sp³-hybridized carbons (Fsp3) is 0.455. The summed E-state index contributed by atoms with van der Waals surface area (Å²) in [5.41, 5.74) is -1.40. The Morgan fingerprint density at radius 2 is 2.15 bits per heavy atom. The van der Waals surface area contributed by atoms with E-state index in [2.05, 4.69) is 4.74 Å². The highest BCUT2D eigenvalue weighted by atomic mass is 16.6. The van der Waals surface area contributed by atoms with Gasteiger partial charge in [-0.25, -0.2) is 4.79 Å². The van der Waals surface area contributed by atoms with Crippen molar-refractivity contribution in [3.63, 3.8) is 0 Å². The van der Waals surface area contributed by atoms with Gasteiger partial charge in [0, 0.05) is 12.3 Å². The molecule has 20 heavy (non-hydrogen) atoms. The molecule has 1 aromatic heterocycles. The lowest BCUT2D eigenvalue weighted by molar-refractivity contribution is -0.0400. The Morgan fingerprint density at radius 3 is 2.75 bits per heavy atom. The van der Waals surface area contributed by atoms with Crippen molar-refractivity contribution >= 4 is 0 Å². The molecule has 1 aliphatic rings. The molecular weight excluding hydrogens is 272 g/mol. The highest BCUT2D eigenvalue weighted by Gasteiger charge is 2.46. The second-order valence-electron chi connectivity index (χ2n) is 4.22. The Labute approximate surface area is 112 Å². The molecule has 4 atom stereocenters. The van der Waals surface area contributed by atoms with Gasteiger partial charge in [-0.15, -0.1) is 0 Å². The van der Waals surface area contributed by atoms with Gasteiger partial charge < -0.3 is 24.8 Å². The summed E-state index contributed by atoms with van der Waals surface area (Å²) < 4.78 is 10.7. The number of aromatic nitrogens is 2. The first-order valence-electron chi connectivity index (χ1n) is 5.70. The average Bonchev–Trinajstić information content (AvgIpc) is 2.67. The Balaban J connectivity index is 2.33. The molecule has 0 aliphatic carbocycles. The van der Waals surface area contributed by atoms with Gasteiger partial charge in [0.15, 0.2) is 12.0 Å². The van der Waals surface area contributed by atoms with Crippen LogP contribution >= 0.6 is 0 Å². The first-order chi connectivity index (χ1) is 9.45. The standard InChI is InChI=1S/C11H14N2O7/c1-19-4-5(14)9-7(16)8(17)10(20-9)13-3-2-6(15)12-11(13)18/h2-4,7-10,14,16-17H,1H3,(H,12,15,18)/b5-4+/t7-,8+,9+,10+/m0/s1. The number of hydrogen-bond donors (Lipinski definition) is 4. The molecule has 0 saturated carbocycles.